The standard InChI is InChI=1S/C6H8O7.3C6H10O4.3C5H14NO/c7-3(8)1-6(13,5(11)12)2-4(9)10;3*1-3-5(6(8)9)10-4(2)7;3*1-6(2,3)4-5-7/h13H,1-2H2,(H,7,8)(H,9,10)(H,11,12);3*5H,3H2,1-2H3,(H,8,9);3*7H,4-5H2,1-3H3/q;;;;3*+1/p-3. The third-order valence-corrected chi connectivity index (χ3v) is 6.43. The molecule has 3 unspecified atom stereocenters. The first-order valence-corrected chi connectivity index (χ1v) is 19.5. The predicted molar refractivity (Wildman–Crippen MR) is 220 cm³/mol. The van der Waals surface area contributed by atoms with Crippen LogP contribution in [0.15, 0.2) is 0 Å². The first-order valence-electron chi connectivity index (χ1n) is 19.5. The lowest BCUT2D eigenvalue weighted by atomic mass is 9.96. The van der Waals surface area contributed by atoms with Crippen molar-refractivity contribution in [2.24, 2.45) is 0 Å². The number of carbonyl (C=O) groups excluding carboxylic acids is 6. The maximum atomic E-state index is 10.2. The number of ether oxygens (including phenoxy) is 3. The maximum Gasteiger partial charge on any atom is 0.345 e. The molecule has 0 bridgehead atoms. The molecule has 0 aliphatic carbocycles. The van der Waals surface area contributed by atoms with Gasteiger partial charge in [-0.1, -0.05) is 20.8 Å². The zero-order chi connectivity index (χ0) is 52.8. The van der Waals surface area contributed by atoms with E-state index in [2.05, 4.69) is 77.6 Å². The van der Waals surface area contributed by atoms with E-state index in [0.29, 0.717) is 19.3 Å². The topological polar surface area (TPSA) is 392 Å². The summed E-state index contributed by atoms with van der Waals surface area (Å²) in [5, 5.41) is 89.1. The number of aliphatic hydroxyl groups excluding tert-OH is 3. The van der Waals surface area contributed by atoms with E-state index in [-0.39, 0.29) is 19.8 Å². The quantitative estimate of drug-likeness (QED) is 0.0341. The van der Waals surface area contributed by atoms with Crippen LogP contribution in [0.5, 0.6) is 0 Å². The van der Waals surface area contributed by atoms with Crippen LogP contribution in [0.2, 0.25) is 0 Å². The lowest BCUT2D eigenvalue weighted by molar-refractivity contribution is -0.870. The van der Waals surface area contributed by atoms with Crippen molar-refractivity contribution in [1.29, 1.82) is 0 Å². The number of esters is 3. The molecule has 0 aromatic heterocycles. The summed E-state index contributed by atoms with van der Waals surface area (Å²) in [6.45, 7) is 11.8. The summed E-state index contributed by atoms with van der Waals surface area (Å²) in [6.07, 6.45) is -4.78. The highest BCUT2D eigenvalue weighted by Gasteiger charge is 2.29. The summed E-state index contributed by atoms with van der Waals surface area (Å²) in [5.74, 6) is -11.0. The van der Waals surface area contributed by atoms with Crippen LogP contribution >= 0.6 is 0 Å². The van der Waals surface area contributed by atoms with E-state index in [1.165, 1.54) is 20.8 Å². The first-order chi connectivity index (χ1) is 28.7. The van der Waals surface area contributed by atoms with Crippen molar-refractivity contribution in [3.63, 3.8) is 0 Å². The Morgan fingerprint density at radius 3 is 0.703 bits per heavy atom. The molecule has 0 aliphatic heterocycles. The molecule has 0 fully saturated rings. The molecule has 0 radical (unpaired) electrons. The lowest BCUT2D eigenvalue weighted by Crippen LogP contribution is -2.54. The molecular weight excluding hydrogens is 862 g/mol. The van der Waals surface area contributed by atoms with Gasteiger partial charge in [-0.05, 0) is 19.3 Å². The van der Waals surface area contributed by atoms with Crippen LogP contribution in [0.25, 0.3) is 0 Å². The number of nitrogens with zero attached hydrogens (tertiary/aromatic N) is 3. The van der Waals surface area contributed by atoms with Crippen molar-refractivity contribution in [1.82, 2.24) is 0 Å². The minimum atomic E-state index is -2.97. The highest BCUT2D eigenvalue weighted by Crippen LogP contribution is 2.13. The Kier molecular flexibility index (Phi) is 45.3. The summed E-state index contributed by atoms with van der Waals surface area (Å²) < 4.78 is 15.8. The number of hydrogen-bond acceptors (Lipinski definition) is 19. The molecule has 0 rings (SSSR count). The highest BCUT2D eigenvalue weighted by atomic mass is 16.6. The van der Waals surface area contributed by atoms with Gasteiger partial charge in [0.05, 0.1) is 89.2 Å². The maximum absolute atomic E-state index is 10.2. The molecule has 25 nitrogen and oxygen atoms in total. The van der Waals surface area contributed by atoms with Crippen molar-refractivity contribution >= 4 is 53.7 Å². The van der Waals surface area contributed by atoms with Crippen LogP contribution < -0.4 is 15.3 Å². The molecule has 0 saturated heterocycles. The summed E-state index contributed by atoms with van der Waals surface area (Å²) in [5.41, 5.74) is -2.97. The normalized spacial score (nSPS) is 11.9. The minimum Gasteiger partial charge on any atom is -0.550 e. The zero-order valence-corrected chi connectivity index (χ0v) is 40.1. The smallest absolute Gasteiger partial charge is 0.345 e. The van der Waals surface area contributed by atoms with Crippen molar-refractivity contribution < 1.29 is 122 Å². The van der Waals surface area contributed by atoms with Crippen molar-refractivity contribution in [3.05, 3.63) is 0 Å². The van der Waals surface area contributed by atoms with Gasteiger partial charge in [-0.25, -0.2) is 14.4 Å². The Hall–Kier alpha value is -5.05. The van der Waals surface area contributed by atoms with Crippen LogP contribution in [0, 0.1) is 0 Å². The molecule has 0 aromatic rings. The molecule has 7 N–H and O–H groups in total. The lowest BCUT2D eigenvalue weighted by Gasteiger charge is -2.29. The van der Waals surface area contributed by atoms with Crippen LogP contribution in [0.1, 0.15) is 73.6 Å². The van der Waals surface area contributed by atoms with Crippen molar-refractivity contribution in [2.45, 2.75) is 97.6 Å². The Morgan fingerprint density at radius 1 is 0.469 bits per heavy atom. The van der Waals surface area contributed by atoms with Gasteiger partial charge in [0.2, 0.25) is 0 Å². The SMILES string of the molecule is CCC(OC(C)=O)C(=O)O.CCC(OC(C)=O)C(=O)O.CCC(OC(C)=O)C(=O)O.C[N+](C)(C)CCO.C[N+](C)(C)CCO.C[N+](C)(C)CCO.O=C([O-])CC(O)(CC(=O)[O-])C(=O)[O-]. The fourth-order valence-corrected chi connectivity index (χ4v) is 3.11. The Bertz CT molecular complexity index is 1220. The molecular formula is C39H77N3O22. The summed E-state index contributed by atoms with van der Waals surface area (Å²) in [4.78, 5) is 91.3. The molecule has 25 heteroatoms. The number of carbonyl (C=O) groups is 9. The predicted octanol–water partition coefficient (Wildman–Crippen LogP) is -4.96. The number of carboxylic acid groups (broad SMARTS) is 6. The molecule has 380 valence electrons. The summed E-state index contributed by atoms with van der Waals surface area (Å²) in [6, 6.07) is 0. The van der Waals surface area contributed by atoms with Gasteiger partial charge in [-0.3, -0.25) is 14.4 Å². The highest BCUT2D eigenvalue weighted by molar-refractivity contribution is 5.86. The molecule has 0 aromatic carbocycles. The van der Waals surface area contributed by atoms with E-state index in [9.17, 15) is 58.5 Å². The van der Waals surface area contributed by atoms with Gasteiger partial charge >= 0.3 is 35.8 Å². The Morgan fingerprint density at radius 2 is 0.656 bits per heavy atom. The molecule has 0 heterocycles. The average Bonchev–Trinajstić information content (AvgIpc) is 3.07. The van der Waals surface area contributed by atoms with E-state index in [4.69, 9.17) is 35.7 Å². The van der Waals surface area contributed by atoms with E-state index in [1.54, 1.807) is 20.8 Å². The molecule has 0 saturated carbocycles. The summed E-state index contributed by atoms with van der Waals surface area (Å²) in [7, 11) is 18.5. The number of likely N-dealkylation sites (N-methyl/N-ethyl adjacent to an activating group) is 3. The van der Waals surface area contributed by atoms with Crippen LogP contribution in [-0.4, -0.2) is 230 Å². The van der Waals surface area contributed by atoms with E-state index >= 15 is 0 Å². The average molecular weight is 940 g/mol. The molecule has 0 amide bonds. The second-order valence-electron chi connectivity index (χ2n) is 16.2. The van der Waals surface area contributed by atoms with E-state index < -0.39 is 90.5 Å². The second kappa shape index (κ2) is 39.5. The van der Waals surface area contributed by atoms with Gasteiger partial charge in [0.25, 0.3) is 0 Å². The fourth-order valence-electron chi connectivity index (χ4n) is 3.11. The minimum absolute atomic E-state index is 0.281. The van der Waals surface area contributed by atoms with Gasteiger partial charge < -0.3 is 93.1 Å². The van der Waals surface area contributed by atoms with Crippen LogP contribution in [0.3, 0.4) is 0 Å². The number of rotatable bonds is 20. The number of aliphatic carboxylic acids is 6. The van der Waals surface area contributed by atoms with Gasteiger partial charge in [0, 0.05) is 45.6 Å². The largest absolute Gasteiger partial charge is 0.550 e. The molecule has 3 atom stereocenters. The van der Waals surface area contributed by atoms with Crippen molar-refractivity contribution in [3.8, 4) is 0 Å². The Balaban J connectivity index is -0.000000120. The first kappa shape index (κ1) is 73.4. The molecule has 0 aliphatic rings. The van der Waals surface area contributed by atoms with Crippen LogP contribution in [-0.2, 0) is 57.4 Å². The van der Waals surface area contributed by atoms with Crippen LogP contribution in [0.4, 0.5) is 0 Å². The van der Waals surface area contributed by atoms with Gasteiger partial charge in [0.15, 0.2) is 18.3 Å². The second-order valence-corrected chi connectivity index (χ2v) is 16.2. The van der Waals surface area contributed by atoms with Crippen molar-refractivity contribution in [2.75, 3.05) is 103 Å². The number of aliphatic hydroxyl groups is 4. The van der Waals surface area contributed by atoms with Gasteiger partial charge in [0.1, 0.15) is 25.2 Å². The van der Waals surface area contributed by atoms with Gasteiger partial charge in [-0.2, -0.15) is 0 Å². The third kappa shape index (κ3) is 63.6. The molecule has 0 spiro atoms. The monoisotopic (exact) mass is 939 g/mol. The van der Waals surface area contributed by atoms with E-state index in [0.717, 1.165) is 33.1 Å². The van der Waals surface area contributed by atoms with E-state index in [1.807, 2.05) is 0 Å². The fraction of sp³-hybridized carbons (Fsp3) is 0.769. The summed E-state index contributed by atoms with van der Waals surface area (Å²) >= 11 is 0. The number of hydrogen-bond donors (Lipinski definition) is 7. The number of quaternary nitrogens is 3. The van der Waals surface area contributed by atoms with Gasteiger partial charge in [-0.15, -0.1) is 0 Å². The number of carboxylic acids is 6. The Labute approximate surface area is 375 Å². The third-order valence-electron chi connectivity index (χ3n) is 6.43. The molecule has 64 heavy (non-hydrogen) atoms. The zero-order valence-electron chi connectivity index (χ0n) is 40.1.